The topological polar surface area (TPSA) is 0 Å². The lowest BCUT2D eigenvalue weighted by Crippen LogP contribution is -1.85. The lowest BCUT2D eigenvalue weighted by molar-refractivity contribution is 1.50. The molecule has 3 aromatic carbocycles. The van der Waals surface area contributed by atoms with E-state index in [9.17, 15) is 0 Å². The molecule has 21 heavy (non-hydrogen) atoms. The molecule has 0 saturated carbocycles. The van der Waals surface area contributed by atoms with Gasteiger partial charge in [0.25, 0.3) is 0 Å². The third-order valence-corrected chi connectivity index (χ3v) is 3.27. The number of benzene rings is 3. The van der Waals surface area contributed by atoms with Gasteiger partial charge in [0.15, 0.2) is 0 Å². The summed E-state index contributed by atoms with van der Waals surface area (Å²) in [7, 11) is 0. The SMILES string of the molecule is CC.CC#Cc1ccccc1-c1cccc2ccccc12. The average molecular weight is 272 g/mol. The first-order chi connectivity index (χ1) is 10.4. The van der Waals surface area contributed by atoms with E-state index in [1.807, 2.05) is 26.8 Å². The number of rotatable bonds is 1. The van der Waals surface area contributed by atoms with Crippen molar-refractivity contribution in [3.05, 3.63) is 72.3 Å². The van der Waals surface area contributed by atoms with E-state index in [4.69, 9.17) is 0 Å². The minimum absolute atomic E-state index is 1.08. The van der Waals surface area contributed by atoms with Gasteiger partial charge < -0.3 is 0 Å². The van der Waals surface area contributed by atoms with Crippen molar-refractivity contribution in [2.75, 3.05) is 0 Å². The van der Waals surface area contributed by atoms with Crippen LogP contribution in [0.3, 0.4) is 0 Å². The van der Waals surface area contributed by atoms with Crippen LogP contribution in [-0.2, 0) is 0 Å². The Labute approximate surface area is 127 Å². The molecular weight excluding hydrogens is 252 g/mol. The summed E-state index contributed by atoms with van der Waals surface area (Å²) >= 11 is 0. The number of fused-ring (bicyclic) bond motifs is 1. The molecule has 3 rings (SSSR count). The van der Waals surface area contributed by atoms with E-state index in [-0.39, 0.29) is 0 Å². The smallest absolute Gasteiger partial charge is 0.0323 e. The van der Waals surface area contributed by atoms with Crippen LogP contribution in [-0.4, -0.2) is 0 Å². The van der Waals surface area contributed by atoms with E-state index in [1.54, 1.807) is 0 Å². The Morgan fingerprint density at radius 1 is 0.667 bits per heavy atom. The van der Waals surface area contributed by atoms with Crippen LogP contribution >= 0.6 is 0 Å². The Morgan fingerprint density at radius 3 is 2.10 bits per heavy atom. The van der Waals surface area contributed by atoms with Crippen LogP contribution in [0.1, 0.15) is 26.3 Å². The van der Waals surface area contributed by atoms with Gasteiger partial charge in [-0.15, -0.1) is 5.92 Å². The molecule has 104 valence electrons. The molecule has 0 saturated heterocycles. The Hall–Kier alpha value is -2.52. The molecule has 0 aromatic heterocycles. The highest BCUT2D eigenvalue weighted by molar-refractivity contribution is 5.97. The molecule has 0 aliphatic carbocycles. The standard InChI is InChI=1S/C19H14.C2H6/c1-2-8-15-9-3-5-12-17(15)19-14-7-11-16-10-4-6-13-18(16)19;1-2/h3-7,9-14H,1H3;1-2H3. The van der Waals surface area contributed by atoms with Crippen LogP contribution < -0.4 is 0 Å². The summed E-state index contributed by atoms with van der Waals surface area (Å²) in [6.45, 7) is 5.87. The van der Waals surface area contributed by atoms with Crippen molar-refractivity contribution >= 4 is 10.8 Å². The lowest BCUT2D eigenvalue weighted by atomic mass is 9.95. The monoisotopic (exact) mass is 272 g/mol. The maximum absolute atomic E-state index is 3.19. The summed E-state index contributed by atoms with van der Waals surface area (Å²) in [6, 6.07) is 23.2. The van der Waals surface area contributed by atoms with Crippen LogP contribution in [0, 0.1) is 11.8 Å². The molecule has 3 aromatic rings. The summed E-state index contributed by atoms with van der Waals surface area (Å²) in [6.07, 6.45) is 0. The van der Waals surface area contributed by atoms with Crippen LogP contribution in [0.25, 0.3) is 21.9 Å². The molecule has 0 aliphatic heterocycles. The van der Waals surface area contributed by atoms with Gasteiger partial charge in [0.05, 0.1) is 0 Å². The summed E-state index contributed by atoms with van der Waals surface area (Å²) < 4.78 is 0. The quantitative estimate of drug-likeness (QED) is 0.483. The second-order valence-electron chi connectivity index (χ2n) is 4.45. The summed E-state index contributed by atoms with van der Waals surface area (Å²) in [5.41, 5.74) is 3.53. The summed E-state index contributed by atoms with van der Waals surface area (Å²) in [5.74, 6) is 6.18. The molecular formula is C21H20. The number of hydrogen-bond acceptors (Lipinski definition) is 0. The van der Waals surface area contributed by atoms with Crippen molar-refractivity contribution in [3.8, 4) is 23.0 Å². The zero-order chi connectivity index (χ0) is 15.1. The van der Waals surface area contributed by atoms with Crippen molar-refractivity contribution in [2.45, 2.75) is 20.8 Å². The fourth-order valence-electron chi connectivity index (χ4n) is 2.42. The van der Waals surface area contributed by atoms with Gasteiger partial charge in [-0.1, -0.05) is 80.4 Å². The fourth-order valence-corrected chi connectivity index (χ4v) is 2.42. The first kappa shape index (κ1) is 14.9. The van der Waals surface area contributed by atoms with E-state index in [0.29, 0.717) is 0 Å². The van der Waals surface area contributed by atoms with Gasteiger partial charge in [0, 0.05) is 5.56 Å². The Kier molecular flexibility index (Phi) is 5.18. The third kappa shape index (κ3) is 3.15. The first-order valence-corrected chi connectivity index (χ1v) is 7.40. The zero-order valence-electron chi connectivity index (χ0n) is 12.9. The van der Waals surface area contributed by atoms with E-state index in [0.717, 1.165) is 5.56 Å². The van der Waals surface area contributed by atoms with E-state index >= 15 is 0 Å². The molecule has 0 heteroatoms. The summed E-state index contributed by atoms with van der Waals surface area (Å²) in [4.78, 5) is 0. The molecule has 0 unspecified atom stereocenters. The van der Waals surface area contributed by atoms with Gasteiger partial charge >= 0.3 is 0 Å². The number of hydrogen-bond donors (Lipinski definition) is 0. The van der Waals surface area contributed by atoms with Crippen molar-refractivity contribution in [1.29, 1.82) is 0 Å². The van der Waals surface area contributed by atoms with Gasteiger partial charge in [-0.3, -0.25) is 0 Å². The molecule has 0 atom stereocenters. The van der Waals surface area contributed by atoms with Crippen LogP contribution in [0.15, 0.2) is 66.7 Å². The third-order valence-electron chi connectivity index (χ3n) is 3.27. The predicted octanol–water partition coefficient (Wildman–Crippen LogP) is 5.90. The van der Waals surface area contributed by atoms with Gasteiger partial charge in [0.2, 0.25) is 0 Å². The van der Waals surface area contributed by atoms with Gasteiger partial charge in [0.1, 0.15) is 0 Å². The van der Waals surface area contributed by atoms with E-state index < -0.39 is 0 Å². The largest absolute Gasteiger partial charge is 0.101 e. The minimum Gasteiger partial charge on any atom is -0.101 e. The molecule has 0 fully saturated rings. The highest BCUT2D eigenvalue weighted by Crippen LogP contribution is 2.30. The lowest BCUT2D eigenvalue weighted by Gasteiger charge is -2.08. The normalized spacial score (nSPS) is 9.29. The van der Waals surface area contributed by atoms with Crippen molar-refractivity contribution in [1.82, 2.24) is 0 Å². The minimum atomic E-state index is 1.08. The average Bonchev–Trinajstić information content (AvgIpc) is 2.57. The van der Waals surface area contributed by atoms with Crippen molar-refractivity contribution in [2.24, 2.45) is 0 Å². The van der Waals surface area contributed by atoms with Crippen LogP contribution in [0.5, 0.6) is 0 Å². The summed E-state index contributed by atoms with van der Waals surface area (Å²) in [5, 5.41) is 2.54. The molecule has 0 bridgehead atoms. The molecule has 0 N–H and O–H groups in total. The molecule has 0 nitrogen and oxygen atoms in total. The Balaban J connectivity index is 0.000000774. The first-order valence-electron chi connectivity index (χ1n) is 7.40. The predicted molar refractivity (Wildman–Crippen MR) is 93.3 cm³/mol. The maximum atomic E-state index is 3.19. The molecule has 0 spiro atoms. The Morgan fingerprint density at radius 2 is 1.29 bits per heavy atom. The Bertz CT molecular complexity index is 780. The van der Waals surface area contributed by atoms with Gasteiger partial charge in [-0.05, 0) is 34.9 Å². The van der Waals surface area contributed by atoms with Crippen molar-refractivity contribution in [3.63, 3.8) is 0 Å². The zero-order valence-corrected chi connectivity index (χ0v) is 12.9. The second kappa shape index (κ2) is 7.31. The molecule has 0 heterocycles. The molecule has 0 amide bonds. The van der Waals surface area contributed by atoms with E-state index in [1.165, 1.54) is 21.9 Å². The highest BCUT2D eigenvalue weighted by Gasteiger charge is 2.06. The highest BCUT2D eigenvalue weighted by atomic mass is 14.1. The van der Waals surface area contributed by atoms with Gasteiger partial charge in [-0.25, -0.2) is 0 Å². The maximum Gasteiger partial charge on any atom is 0.0323 e. The van der Waals surface area contributed by atoms with E-state index in [2.05, 4.69) is 72.5 Å². The second-order valence-corrected chi connectivity index (χ2v) is 4.45. The fraction of sp³-hybridized carbons (Fsp3) is 0.143. The van der Waals surface area contributed by atoms with Crippen LogP contribution in [0.4, 0.5) is 0 Å². The molecule has 0 aliphatic rings. The van der Waals surface area contributed by atoms with Gasteiger partial charge in [-0.2, -0.15) is 0 Å². The molecule has 0 radical (unpaired) electrons. The van der Waals surface area contributed by atoms with Crippen molar-refractivity contribution < 1.29 is 0 Å². The van der Waals surface area contributed by atoms with Crippen LogP contribution in [0.2, 0.25) is 0 Å².